The predicted octanol–water partition coefficient (Wildman–Crippen LogP) is 5.32. The van der Waals surface area contributed by atoms with E-state index in [4.69, 9.17) is 0 Å². The van der Waals surface area contributed by atoms with E-state index < -0.39 is 5.60 Å². The lowest BCUT2D eigenvalue weighted by molar-refractivity contribution is 0.0177. The van der Waals surface area contributed by atoms with Crippen LogP contribution in [0.15, 0.2) is 15.2 Å². The summed E-state index contributed by atoms with van der Waals surface area (Å²) in [5.41, 5.74) is 0.845. The second-order valence-electron chi connectivity index (χ2n) is 6.66. The summed E-state index contributed by atoms with van der Waals surface area (Å²) in [4.78, 5) is 0. The number of thiophene rings is 1. The predicted molar refractivity (Wildman–Crippen MR) is 81.9 cm³/mol. The topological polar surface area (TPSA) is 20.2 Å². The van der Waals surface area contributed by atoms with Gasteiger partial charge in [0.05, 0.1) is 5.60 Å². The fourth-order valence-electron chi connectivity index (χ4n) is 3.07. The first-order valence-corrected chi connectivity index (χ1v) is 8.51. The number of hydrogen-bond donors (Lipinski definition) is 1. The second kappa shape index (κ2) is 5.26. The van der Waals surface area contributed by atoms with Crippen LogP contribution < -0.4 is 0 Å². The van der Waals surface area contributed by atoms with Crippen LogP contribution in [0.3, 0.4) is 0 Å². The maximum atomic E-state index is 11.0. The van der Waals surface area contributed by atoms with Crippen LogP contribution in [-0.2, 0) is 5.60 Å². The molecule has 0 radical (unpaired) electrons. The van der Waals surface area contributed by atoms with Gasteiger partial charge in [0.15, 0.2) is 0 Å². The SMILES string of the molecule is CC(C)(C)C1CCCC(O)(c2cscc2Br)CC1. The monoisotopic (exact) mass is 330 g/mol. The Kier molecular flexibility index (Phi) is 4.25. The lowest BCUT2D eigenvalue weighted by atomic mass is 9.76. The molecule has 2 rings (SSSR count). The molecule has 1 nitrogen and oxygen atoms in total. The van der Waals surface area contributed by atoms with Crippen molar-refractivity contribution >= 4 is 27.3 Å². The van der Waals surface area contributed by atoms with Crippen LogP contribution in [0.1, 0.15) is 58.4 Å². The fourth-order valence-corrected chi connectivity index (χ4v) is 4.83. The molecule has 1 saturated carbocycles. The first-order chi connectivity index (χ1) is 8.33. The molecule has 2 unspecified atom stereocenters. The molecule has 0 aromatic carbocycles. The van der Waals surface area contributed by atoms with Gasteiger partial charge in [0.1, 0.15) is 0 Å². The average molecular weight is 331 g/mol. The molecule has 1 aromatic heterocycles. The van der Waals surface area contributed by atoms with Crippen LogP contribution >= 0.6 is 27.3 Å². The Balaban J connectivity index is 2.16. The highest BCUT2D eigenvalue weighted by Gasteiger charge is 2.37. The van der Waals surface area contributed by atoms with E-state index >= 15 is 0 Å². The minimum atomic E-state index is -0.612. The zero-order valence-corrected chi connectivity index (χ0v) is 13.9. The van der Waals surface area contributed by atoms with E-state index in [0.29, 0.717) is 5.41 Å². The normalized spacial score (nSPS) is 30.2. The van der Waals surface area contributed by atoms with Crippen LogP contribution in [0.5, 0.6) is 0 Å². The van der Waals surface area contributed by atoms with E-state index in [2.05, 4.69) is 47.5 Å². The Morgan fingerprint density at radius 3 is 2.56 bits per heavy atom. The van der Waals surface area contributed by atoms with Gasteiger partial charge in [-0.2, -0.15) is 11.3 Å². The van der Waals surface area contributed by atoms with Crippen molar-refractivity contribution in [3.05, 3.63) is 20.8 Å². The summed E-state index contributed by atoms with van der Waals surface area (Å²) in [6.45, 7) is 6.97. The Labute approximate surface area is 123 Å². The van der Waals surface area contributed by atoms with Gasteiger partial charge in [0.2, 0.25) is 0 Å². The highest BCUT2D eigenvalue weighted by atomic mass is 79.9. The van der Waals surface area contributed by atoms with Crippen molar-refractivity contribution in [1.82, 2.24) is 0 Å². The third-order valence-electron chi connectivity index (χ3n) is 4.39. The molecule has 1 heterocycles. The Morgan fingerprint density at radius 1 is 1.28 bits per heavy atom. The minimum Gasteiger partial charge on any atom is -0.385 e. The second-order valence-corrected chi connectivity index (χ2v) is 8.26. The molecule has 0 aliphatic heterocycles. The summed E-state index contributed by atoms with van der Waals surface area (Å²) in [6, 6.07) is 0. The molecular weight excluding hydrogens is 308 g/mol. The Bertz CT molecular complexity index is 407. The van der Waals surface area contributed by atoms with Crippen LogP contribution in [0, 0.1) is 11.3 Å². The van der Waals surface area contributed by atoms with Gasteiger partial charge in [-0.15, -0.1) is 0 Å². The van der Waals surface area contributed by atoms with Crippen LogP contribution in [0.4, 0.5) is 0 Å². The molecule has 3 heteroatoms. The lowest BCUT2D eigenvalue weighted by Gasteiger charge is -2.31. The molecule has 18 heavy (non-hydrogen) atoms. The molecule has 0 saturated heterocycles. The molecule has 0 spiro atoms. The average Bonchev–Trinajstić information content (AvgIpc) is 2.57. The molecule has 1 aliphatic rings. The molecule has 102 valence electrons. The largest absolute Gasteiger partial charge is 0.385 e. The van der Waals surface area contributed by atoms with Crippen molar-refractivity contribution in [2.24, 2.45) is 11.3 Å². The number of aliphatic hydroxyl groups is 1. The summed E-state index contributed by atoms with van der Waals surface area (Å²) in [7, 11) is 0. The maximum Gasteiger partial charge on any atom is 0.0915 e. The van der Waals surface area contributed by atoms with Gasteiger partial charge < -0.3 is 5.11 Å². The number of hydrogen-bond acceptors (Lipinski definition) is 2. The highest BCUT2D eigenvalue weighted by Crippen LogP contribution is 2.45. The van der Waals surface area contributed by atoms with Crippen molar-refractivity contribution in [2.45, 2.75) is 58.5 Å². The van der Waals surface area contributed by atoms with Gasteiger partial charge in [-0.05, 0) is 64.7 Å². The zero-order valence-electron chi connectivity index (χ0n) is 11.5. The van der Waals surface area contributed by atoms with Gasteiger partial charge in [-0.3, -0.25) is 0 Å². The van der Waals surface area contributed by atoms with E-state index in [-0.39, 0.29) is 0 Å². The summed E-state index contributed by atoms with van der Waals surface area (Å²) < 4.78 is 1.07. The van der Waals surface area contributed by atoms with Crippen molar-refractivity contribution in [3.8, 4) is 0 Å². The van der Waals surface area contributed by atoms with E-state index in [9.17, 15) is 5.11 Å². The first kappa shape index (κ1) is 14.5. The van der Waals surface area contributed by atoms with Crippen molar-refractivity contribution < 1.29 is 5.11 Å². The van der Waals surface area contributed by atoms with Gasteiger partial charge in [0, 0.05) is 15.4 Å². The minimum absolute atomic E-state index is 0.358. The number of rotatable bonds is 1. The summed E-state index contributed by atoms with van der Waals surface area (Å²) >= 11 is 5.23. The van der Waals surface area contributed by atoms with E-state index in [1.165, 1.54) is 6.42 Å². The summed E-state index contributed by atoms with van der Waals surface area (Å²) in [6.07, 6.45) is 5.29. The molecule has 1 fully saturated rings. The number of halogens is 1. The third kappa shape index (κ3) is 3.00. The van der Waals surface area contributed by atoms with Gasteiger partial charge in [-0.25, -0.2) is 0 Å². The lowest BCUT2D eigenvalue weighted by Crippen LogP contribution is -2.25. The van der Waals surface area contributed by atoms with Crippen molar-refractivity contribution in [3.63, 3.8) is 0 Å². The quantitative estimate of drug-likeness (QED) is 0.690. The maximum absolute atomic E-state index is 11.0. The van der Waals surface area contributed by atoms with E-state index in [1.807, 2.05) is 0 Å². The van der Waals surface area contributed by atoms with Gasteiger partial charge >= 0.3 is 0 Å². The van der Waals surface area contributed by atoms with Crippen molar-refractivity contribution in [2.75, 3.05) is 0 Å². The molecule has 0 bridgehead atoms. The first-order valence-electron chi connectivity index (χ1n) is 6.77. The van der Waals surface area contributed by atoms with E-state index in [0.717, 1.165) is 41.6 Å². The molecule has 1 aliphatic carbocycles. The summed E-state index contributed by atoms with van der Waals surface area (Å²) in [5, 5.41) is 15.1. The van der Waals surface area contributed by atoms with Crippen LogP contribution in [0.2, 0.25) is 0 Å². The van der Waals surface area contributed by atoms with Crippen LogP contribution in [-0.4, -0.2) is 5.11 Å². The van der Waals surface area contributed by atoms with E-state index in [1.54, 1.807) is 11.3 Å². The van der Waals surface area contributed by atoms with Gasteiger partial charge in [0.25, 0.3) is 0 Å². The Hall–Kier alpha value is 0.140. The standard InChI is InChI=1S/C15H23BrOS/c1-14(2,3)11-5-4-7-15(17,8-6-11)12-9-18-10-13(12)16/h9-11,17H,4-8H2,1-3H3. The van der Waals surface area contributed by atoms with Crippen molar-refractivity contribution in [1.29, 1.82) is 0 Å². The zero-order chi connectivity index (χ0) is 13.4. The molecule has 1 aromatic rings. The molecular formula is C15H23BrOS. The smallest absolute Gasteiger partial charge is 0.0915 e. The fraction of sp³-hybridized carbons (Fsp3) is 0.733. The molecule has 2 atom stereocenters. The molecule has 0 amide bonds. The third-order valence-corrected chi connectivity index (χ3v) is 6.09. The Morgan fingerprint density at radius 2 is 2.00 bits per heavy atom. The van der Waals surface area contributed by atoms with Gasteiger partial charge in [-0.1, -0.05) is 20.8 Å². The summed E-state index contributed by atoms with van der Waals surface area (Å²) in [5.74, 6) is 0.726. The highest BCUT2D eigenvalue weighted by molar-refractivity contribution is 9.10. The van der Waals surface area contributed by atoms with Crippen LogP contribution in [0.25, 0.3) is 0 Å². The molecule has 1 N–H and O–H groups in total.